The Balaban J connectivity index is 1.83. The number of rotatable bonds is 5. The number of ether oxygens (including phenoxy) is 1. The highest BCUT2D eigenvalue weighted by Gasteiger charge is 2.25. The number of esters is 1. The molecule has 144 valence electrons. The highest BCUT2D eigenvalue weighted by molar-refractivity contribution is 6.30. The lowest BCUT2D eigenvalue weighted by atomic mass is 10.2. The van der Waals surface area contributed by atoms with Gasteiger partial charge in [0, 0.05) is 22.5 Å². The number of hydrogen-bond donors (Lipinski definition) is 2. The first kappa shape index (κ1) is 19.4. The zero-order valence-electron chi connectivity index (χ0n) is 15.1. The molecule has 0 fully saturated rings. The van der Waals surface area contributed by atoms with Gasteiger partial charge >= 0.3 is 5.97 Å². The van der Waals surface area contributed by atoms with E-state index in [9.17, 15) is 14.4 Å². The third-order valence-corrected chi connectivity index (χ3v) is 4.26. The molecule has 2 aromatic carbocycles. The van der Waals surface area contributed by atoms with Crippen LogP contribution >= 0.6 is 11.6 Å². The molecule has 0 saturated heterocycles. The maximum Gasteiger partial charge on any atom is 0.311 e. The molecule has 0 aliphatic carbocycles. The van der Waals surface area contributed by atoms with Crippen molar-refractivity contribution in [3.05, 3.63) is 65.3 Å². The summed E-state index contributed by atoms with van der Waals surface area (Å²) >= 11 is 5.93. The van der Waals surface area contributed by atoms with Crippen LogP contribution in [0.3, 0.4) is 0 Å². The fraction of sp³-hybridized carbons (Fsp3) is 0.150. The molecule has 2 aromatic rings. The van der Waals surface area contributed by atoms with E-state index in [-0.39, 0.29) is 18.9 Å². The molecule has 3 rings (SSSR count). The van der Waals surface area contributed by atoms with Crippen LogP contribution in [0.2, 0.25) is 5.02 Å². The van der Waals surface area contributed by atoms with Crippen molar-refractivity contribution in [3.8, 4) is 0 Å². The Morgan fingerprint density at radius 3 is 2.71 bits per heavy atom. The molecule has 1 heterocycles. The molecule has 7 nitrogen and oxygen atoms in total. The lowest BCUT2D eigenvalue weighted by molar-refractivity contribution is -0.139. The normalized spacial score (nSPS) is 13.0. The topological polar surface area (TPSA) is 87.7 Å². The molecule has 0 bridgehead atoms. The van der Waals surface area contributed by atoms with Crippen molar-refractivity contribution in [2.45, 2.75) is 6.42 Å². The molecule has 1 aliphatic heterocycles. The third kappa shape index (κ3) is 4.69. The van der Waals surface area contributed by atoms with E-state index in [2.05, 4.69) is 15.4 Å². The number of methoxy groups -OCH3 is 1. The van der Waals surface area contributed by atoms with Crippen LogP contribution in [-0.4, -0.2) is 31.4 Å². The number of carbonyl (C=O) groups is 3. The van der Waals surface area contributed by atoms with Crippen LogP contribution in [0, 0.1) is 0 Å². The lowest BCUT2D eigenvalue weighted by Gasteiger charge is -2.21. The van der Waals surface area contributed by atoms with Crippen LogP contribution in [0.15, 0.2) is 60.3 Å². The summed E-state index contributed by atoms with van der Waals surface area (Å²) in [6.45, 7) is -0.202. The minimum absolute atomic E-state index is 0.0842. The number of anilines is 3. The molecule has 0 saturated carbocycles. The van der Waals surface area contributed by atoms with Gasteiger partial charge in [-0.15, -0.1) is 0 Å². The van der Waals surface area contributed by atoms with E-state index in [0.29, 0.717) is 27.8 Å². The van der Waals surface area contributed by atoms with Gasteiger partial charge < -0.3 is 15.4 Å². The van der Waals surface area contributed by atoms with Crippen molar-refractivity contribution in [3.63, 3.8) is 0 Å². The van der Waals surface area contributed by atoms with Crippen molar-refractivity contribution in [2.75, 3.05) is 29.2 Å². The fourth-order valence-electron chi connectivity index (χ4n) is 2.77. The van der Waals surface area contributed by atoms with Crippen molar-refractivity contribution in [1.82, 2.24) is 0 Å². The van der Waals surface area contributed by atoms with Crippen molar-refractivity contribution in [1.29, 1.82) is 0 Å². The van der Waals surface area contributed by atoms with Gasteiger partial charge in [-0.25, -0.2) is 0 Å². The van der Waals surface area contributed by atoms with E-state index in [1.165, 1.54) is 18.1 Å². The third-order valence-electron chi connectivity index (χ3n) is 4.03. The number of benzene rings is 2. The fourth-order valence-corrected chi connectivity index (χ4v) is 2.96. The molecule has 0 radical (unpaired) electrons. The summed E-state index contributed by atoms with van der Waals surface area (Å²) in [7, 11) is 1.28. The summed E-state index contributed by atoms with van der Waals surface area (Å²) in [4.78, 5) is 38.2. The molecule has 0 aromatic heterocycles. The van der Waals surface area contributed by atoms with Crippen LogP contribution in [0.1, 0.15) is 6.42 Å². The van der Waals surface area contributed by atoms with E-state index in [4.69, 9.17) is 11.6 Å². The smallest absolute Gasteiger partial charge is 0.311 e. The number of halogens is 1. The molecule has 0 unspecified atom stereocenters. The Morgan fingerprint density at radius 2 is 1.96 bits per heavy atom. The van der Waals surface area contributed by atoms with Crippen LogP contribution in [-0.2, 0) is 19.1 Å². The number of amides is 2. The van der Waals surface area contributed by atoms with E-state index in [0.717, 1.165) is 0 Å². The summed E-state index contributed by atoms with van der Waals surface area (Å²) in [5.41, 5.74) is 2.07. The number of para-hydroxylation sites is 2. The molecule has 2 N–H and O–H groups in total. The maximum absolute atomic E-state index is 12.8. The summed E-state index contributed by atoms with van der Waals surface area (Å²) in [5, 5.41) is 6.28. The van der Waals surface area contributed by atoms with Crippen molar-refractivity contribution in [2.24, 2.45) is 0 Å². The molecule has 28 heavy (non-hydrogen) atoms. The van der Waals surface area contributed by atoms with Gasteiger partial charge in [-0.05, 0) is 30.3 Å². The van der Waals surface area contributed by atoms with Gasteiger partial charge in [-0.1, -0.05) is 29.8 Å². The predicted molar refractivity (Wildman–Crippen MR) is 107 cm³/mol. The quantitative estimate of drug-likeness (QED) is 0.754. The second kappa shape index (κ2) is 8.58. The lowest BCUT2D eigenvalue weighted by Crippen LogP contribution is -2.37. The number of nitrogens with one attached hydrogen (secondary N) is 2. The Kier molecular flexibility index (Phi) is 5.96. The summed E-state index contributed by atoms with van der Waals surface area (Å²) in [6, 6.07) is 13.8. The van der Waals surface area contributed by atoms with Crippen LogP contribution in [0.5, 0.6) is 0 Å². The van der Waals surface area contributed by atoms with Gasteiger partial charge in [0.25, 0.3) is 5.91 Å². The zero-order valence-corrected chi connectivity index (χ0v) is 15.8. The first-order valence-electron chi connectivity index (χ1n) is 8.46. The average Bonchev–Trinajstić information content (AvgIpc) is 2.78. The van der Waals surface area contributed by atoms with E-state index < -0.39 is 11.9 Å². The molecule has 8 heteroatoms. The van der Waals surface area contributed by atoms with Crippen molar-refractivity contribution >= 4 is 46.4 Å². The van der Waals surface area contributed by atoms with Crippen LogP contribution in [0.4, 0.5) is 17.1 Å². The first-order chi connectivity index (χ1) is 13.5. The van der Waals surface area contributed by atoms with Crippen LogP contribution < -0.4 is 15.5 Å². The van der Waals surface area contributed by atoms with E-state index in [1.807, 2.05) is 0 Å². The zero-order chi connectivity index (χ0) is 20.1. The minimum Gasteiger partial charge on any atom is -0.469 e. The average molecular weight is 400 g/mol. The monoisotopic (exact) mass is 399 g/mol. The number of nitrogens with zero attached hydrogens (tertiary/aromatic N) is 1. The Labute approximate surface area is 166 Å². The number of carbonyl (C=O) groups excluding carboxylic acids is 3. The van der Waals surface area contributed by atoms with Gasteiger partial charge in [0.1, 0.15) is 6.54 Å². The SMILES string of the molecule is COC(=O)CC1=CC(=O)N(CC(=O)Nc2cccc(Cl)c2)c2ccccc2N1. The highest BCUT2D eigenvalue weighted by atomic mass is 35.5. The Bertz CT molecular complexity index is 958. The molecular formula is C20H18ClN3O4. The molecule has 0 atom stereocenters. The summed E-state index contributed by atoms with van der Waals surface area (Å²) in [5.74, 6) is -1.27. The van der Waals surface area contributed by atoms with Gasteiger partial charge in [0.2, 0.25) is 5.91 Å². The minimum atomic E-state index is -0.476. The highest BCUT2D eigenvalue weighted by Crippen LogP contribution is 2.30. The standard InChI is InChI=1S/C20H18ClN3O4/c1-28-20(27)11-15-10-19(26)24(17-8-3-2-7-16(17)22-15)12-18(25)23-14-6-4-5-13(21)9-14/h2-10,22H,11-12H2,1H3,(H,23,25). The first-order valence-corrected chi connectivity index (χ1v) is 8.84. The molecular weight excluding hydrogens is 382 g/mol. The molecule has 0 spiro atoms. The van der Waals surface area contributed by atoms with Gasteiger partial charge in [-0.2, -0.15) is 0 Å². The van der Waals surface area contributed by atoms with Gasteiger partial charge in [0.15, 0.2) is 0 Å². The van der Waals surface area contributed by atoms with Gasteiger partial charge in [0.05, 0.1) is 24.9 Å². The van der Waals surface area contributed by atoms with E-state index >= 15 is 0 Å². The van der Waals surface area contributed by atoms with Gasteiger partial charge in [-0.3, -0.25) is 19.3 Å². The second-order valence-corrected chi connectivity index (χ2v) is 6.48. The Hall–Kier alpha value is -3.32. The summed E-state index contributed by atoms with van der Waals surface area (Å²) in [6.07, 6.45) is 1.21. The van der Waals surface area contributed by atoms with Crippen LogP contribution in [0.25, 0.3) is 0 Å². The molecule has 1 aliphatic rings. The summed E-state index contributed by atoms with van der Waals surface area (Å²) < 4.78 is 4.66. The number of hydrogen-bond acceptors (Lipinski definition) is 5. The number of fused-ring (bicyclic) bond motifs is 1. The van der Waals surface area contributed by atoms with Crippen molar-refractivity contribution < 1.29 is 19.1 Å². The maximum atomic E-state index is 12.8. The molecule has 2 amide bonds. The Morgan fingerprint density at radius 1 is 1.18 bits per heavy atom. The van der Waals surface area contributed by atoms with E-state index in [1.54, 1.807) is 48.5 Å². The predicted octanol–water partition coefficient (Wildman–Crippen LogP) is 3.18. The largest absolute Gasteiger partial charge is 0.469 e. The second-order valence-electron chi connectivity index (χ2n) is 6.05.